The van der Waals surface area contributed by atoms with Crippen molar-refractivity contribution in [3.63, 3.8) is 0 Å². The Labute approximate surface area is 239 Å². The Balaban J connectivity index is 0.000000240. The maximum atomic E-state index is 11.7. The van der Waals surface area contributed by atoms with Gasteiger partial charge in [-0.3, -0.25) is 9.59 Å². The molecule has 2 saturated carbocycles. The van der Waals surface area contributed by atoms with E-state index in [0.717, 1.165) is 43.2 Å². The number of hydrogen-bond donors (Lipinski definition) is 0. The van der Waals surface area contributed by atoms with Crippen molar-refractivity contribution in [1.82, 2.24) is 0 Å². The van der Waals surface area contributed by atoms with Crippen LogP contribution >= 0.6 is 46.7 Å². The van der Waals surface area contributed by atoms with Gasteiger partial charge in [0.1, 0.15) is 11.6 Å². The summed E-state index contributed by atoms with van der Waals surface area (Å²) in [5.41, 5.74) is 0. The summed E-state index contributed by atoms with van der Waals surface area (Å²) in [7, 11) is 0. The van der Waals surface area contributed by atoms with Crippen molar-refractivity contribution in [2.45, 2.75) is 22.6 Å². The predicted octanol–water partition coefficient (Wildman–Crippen LogP) is 7.59. The second-order valence-corrected chi connectivity index (χ2v) is 10.5. The van der Waals surface area contributed by atoms with Gasteiger partial charge in [-0.2, -0.15) is 0 Å². The molecular formula is C28H24Cl2FeO2S2+2. The molecule has 0 unspecified atom stereocenters. The monoisotopic (exact) mass is 582 g/mol. The Morgan fingerprint density at radius 1 is 0.571 bits per heavy atom. The van der Waals surface area contributed by atoms with Gasteiger partial charge in [-0.15, -0.1) is 23.5 Å². The first-order chi connectivity index (χ1) is 16.5. The van der Waals surface area contributed by atoms with E-state index in [0.29, 0.717) is 12.8 Å². The summed E-state index contributed by atoms with van der Waals surface area (Å²) in [5, 5.41) is 1.48. The molecule has 2 aliphatic rings. The van der Waals surface area contributed by atoms with Crippen LogP contribution in [0.2, 0.25) is 10.0 Å². The van der Waals surface area contributed by atoms with Crippen molar-refractivity contribution in [3.05, 3.63) is 122 Å². The van der Waals surface area contributed by atoms with Crippen LogP contribution in [-0.4, -0.2) is 23.1 Å². The van der Waals surface area contributed by atoms with Gasteiger partial charge < -0.3 is 0 Å². The minimum absolute atomic E-state index is 0. The standard InChI is InChI=1S/2C14H12ClOS.Fe/c2*15-12-5-7-13(8-6-12)17-10-9-14(16)11-3-1-2-4-11;/h2*1-8H,9-10H2;/q;;+2. The van der Waals surface area contributed by atoms with Gasteiger partial charge >= 0.3 is 17.1 Å². The Morgan fingerprint density at radius 2 is 0.886 bits per heavy atom. The zero-order valence-corrected chi connectivity index (χ0v) is 23.1. The largest absolute Gasteiger partial charge is 2.00 e. The minimum atomic E-state index is 0. The fourth-order valence-electron chi connectivity index (χ4n) is 2.99. The second kappa shape index (κ2) is 17.2. The zero-order valence-electron chi connectivity index (χ0n) is 18.8. The molecule has 7 heteroatoms. The third-order valence-electron chi connectivity index (χ3n) is 4.79. The number of thioether (sulfide) groups is 2. The van der Waals surface area contributed by atoms with Gasteiger partial charge in [-0.1, -0.05) is 23.2 Å². The van der Waals surface area contributed by atoms with Crippen LogP contribution in [0.5, 0.6) is 0 Å². The van der Waals surface area contributed by atoms with Gasteiger partial charge in [0, 0.05) is 56.0 Å². The molecule has 0 saturated heterocycles. The first-order valence-electron chi connectivity index (χ1n) is 10.8. The van der Waals surface area contributed by atoms with Crippen LogP contribution < -0.4 is 0 Å². The molecule has 2 fully saturated rings. The molecular weight excluding hydrogens is 559 g/mol. The number of benzene rings is 2. The average Bonchev–Trinajstić information content (AvgIpc) is 3.57. The van der Waals surface area contributed by atoms with Crippen molar-refractivity contribution in [1.29, 1.82) is 0 Å². The fourth-order valence-corrected chi connectivity index (χ4v) is 4.95. The van der Waals surface area contributed by atoms with Crippen molar-refractivity contribution >= 4 is 58.3 Å². The van der Waals surface area contributed by atoms with Crippen LogP contribution in [0.15, 0.2) is 58.3 Å². The maximum absolute atomic E-state index is 11.7. The van der Waals surface area contributed by atoms with Gasteiger partial charge in [-0.25, -0.2) is 0 Å². The summed E-state index contributed by atoms with van der Waals surface area (Å²) < 4.78 is 0. The molecule has 0 atom stereocenters. The Morgan fingerprint density at radius 3 is 1.20 bits per heavy atom. The van der Waals surface area contributed by atoms with E-state index >= 15 is 0 Å². The molecule has 2 nitrogen and oxygen atoms in total. The van der Waals surface area contributed by atoms with Gasteiger partial charge in [-0.05, 0) is 99.9 Å². The molecule has 0 heterocycles. The summed E-state index contributed by atoms with van der Waals surface area (Å²) in [6.07, 6.45) is 16.1. The Bertz CT molecular complexity index is 819. The van der Waals surface area contributed by atoms with Crippen molar-refractivity contribution in [2.24, 2.45) is 0 Å². The third-order valence-corrected chi connectivity index (χ3v) is 7.32. The van der Waals surface area contributed by atoms with Gasteiger partial charge in [0.2, 0.25) is 0 Å². The number of ketones is 2. The minimum Gasteiger partial charge on any atom is -0.299 e. The van der Waals surface area contributed by atoms with E-state index in [1.54, 1.807) is 23.5 Å². The van der Waals surface area contributed by atoms with E-state index < -0.39 is 0 Å². The maximum Gasteiger partial charge on any atom is 2.00 e. The summed E-state index contributed by atoms with van der Waals surface area (Å²) in [4.78, 5) is 25.7. The Hall–Kier alpha value is -0.421. The molecule has 0 aliphatic heterocycles. The molecule has 35 heavy (non-hydrogen) atoms. The zero-order chi connectivity index (χ0) is 24.2. The summed E-state index contributed by atoms with van der Waals surface area (Å²) in [6, 6.07) is 15.3. The number of Topliss-reactive ketones (excluding diaryl/α,β-unsaturated/α-hetero) is 2. The summed E-state index contributed by atoms with van der Waals surface area (Å²) in [6.45, 7) is 0. The summed E-state index contributed by atoms with van der Waals surface area (Å²) in [5.74, 6) is 3.62. The average molecular weight is 583 g/mol. The van der Waals surface area contributed by atoms with Crippen LogP contribution in [-0.2, 0) is 26.7 Å². The molecule has 0 amide bonds. The van der Waals surface area contributed by atoms with Gasteiger partial charge in [0.25, 0.3) is 0 Å². The van der Waals surface area contributed by atoms with Gasteiger partial charge in [0.15, 0.2) is 0 Å². The number of rotatable bonds is 10. The first kappa shape index (κ1) is 30.8. The van der Waals surface area contributed by atoms with Crippen molar-refractivity contribution < 1.29 is 26.7 Å². The van der Waals surface area contributed by atoms with Crippen LogP contribution in [0, 0.1) is 63.2 Å². The third kappa shape index (κ3) is 11.7. The molecule has 2 aromatic rings. The topological polar surface area (TPSA) is 34.1 Å². The van der Waals surface area contributed by atoms with E-state index in [9.17, 15) is 9.59 Å². The van der Waals surface area contributed by atoms with Gasteiger partial charge in [0.05, 0.1) is 0 Å². The normalized spacial score (nSPS) is 15.8. The quantitative estimate of drug-likeness (QED) is 0.213. The fraction of sp³-hybridized carbons (Fsp3) is 0.143. The first-order valence-corrected chi connectivity index (χ1v) is 13.5. The molecule has 0 bridgehead atoms. The molecule has 4 rings (SSSR count). The number of carbonyl (C=O) groups is 2. The molecule has 2 aliphatic carbocycles. The van der Waals surface area contributed by atoms with E-state index in [1.807, 2.05) is 99.9 Å². The molecule has 0 aromatic heterocycles. The van der Waals surface area contributed by atoms with Crippen molar-refractivity contribution in [3.8, 4) is 0 Å². The van der Waals surface area contributed by atoms with Crippen molar-refractivity contribution in [2.75, 3.05) is 11.5 Å². The molecule has 0 N–H and O–H groups in total. The van der Waals surface area contributed by atoms with E-state index in [4.69, 9.17) is 23.2 Å². The number of carbonyl (C=O) groups excluding carboxylic acids is 2. The van der Waals surface area contributed by atoms with Crippen LogP contribution in [0.1, 0.15) is 12.8 Å². The number of hydrogen-bond acceptors (Lipinski definition) is 4. The van der Waals surface area contributed by atoms with E-state index in [1.165, 1.54) is 0 Å². The smallest absolute Gasteiger partial charge is 0.299 e. The second-order valence-electron chi connectivity index (χ2n) is 7.30. The number of halogens is 2. The van der Waals surface area contributed by atoms with E-state index in [2.05, 4.69) is 0 Å². The van der Waals surface area contributed by atoms with E-state index in [-0.39, 0.29) is 28.6 Å². The molecule has 2 aromatic carbocycles. The molecule has 180 valence electrons. The van der Waals surface area contributed by atoms with Crippen LogP contribution in [0.25, 0.3) is 0 Å². The molecule has 10 radical (unpaired) electrons. The predicted molar refractivity (Wildman–Crippen MR) is 144 cm³/mol. The van der Waals surface area contributed by atoms with Crippen LogP contribution in [0.3, 0.4) is 0 Å². The Kier molecular flexibility index (Phi) is 15.1. The van der Waals surface area contributed by atoms with Crippen LogP contribution in [0.4, 0.5) is 0 Å². The molecule has 0 spiro atoms. The SMILES string of the molecule is O=C(CCSc1ccc(Cl)cc1)[C]1[CH][CH][CH][CH]1.O=C(CCSc1ccc(Cl)cc1)[C]1[CH][CH][CH][CH]1.[Fe+2]. The summed E-state index contributed by atoms with van der Waals surface area (Å²) >= 11 is 15.0.